The summed E-state index contributed by atoms with van der Waals surface area (Å²) in [5.41, 5.74) is 4.21. The van der Waals surface area contributed by atoms with Crippen LogP contribution in [0.25, 0.3) is 0 Å². The molecule has 5 heteroatoms. The molecule has 5 rings (SSSR count). The molecule has 2 aromatic rings. The molecule has 0 saturated carbocycles. The first kappa shape index (κ1) is 15.1. The molecule has 1 aromatic carbocycles. The van der Waals surface area contributed by atoms with Crippen LogP contribution in [-0.4, -0.2) is 45.0 Å². The van der Waals surface area contributed by atoms with E-state index in [2.05, 4.69) is 44.3 Å². The fourth-order valence-electron chi connectivity index (χ4n) is 4.87. The highest BCUT2D eigenvalue weighted by Gasteiger charge is 2.45. The largest absolute Gasteiger partial charge is 0.316 e. The van der Waals surface area contributed by atoms with Gasteiger partial charge in [-0.3, -0.25) is 14.8 Å². The molecule has 2 saturated heterocycles. The lowest BCUT2D eigenvalue weighted by Gasteiger charge is -2.29. The average molecular weight is 336 g/mol. The van der Waals surface area contributed by atoms with Crippen molar-refractivity contribution in [1.82, 2.24) is 20.0 Å². The van der Waals surface area contributed by atoms with Gasteiger partial charge in [-0.2, -0.15) is 5.10 Å². The Morgan fingerprint density at radius 2 is 1.96 bits per heavy atom. The van der Waals surface area contributed by atoms with E-state index < -0.39 is 0 Å². The van der Waals surface area contributed by atoms with Crippen molar-refractivity contribution in [2.24, 2.45) is 0 Å². The van der Waals surface area contributed by atoms with Crippen LogP contribution in [0, 0.1) is 0 Å². The number of carbonyl (C=O) groups is 1. The SMILES string of the molecule is O=C(c1n[nH]c2c1CCCC2)N1CC2CCCN2C1c1ccccc1. The minimum absolute atomic E-state index is 0.0529. The Hall–Kier alpha value is -2.14. The van der Waals surface area contributed by atoms with Gasteiger partial charge in [0.15, 0.2) is 5.69 Å². The third-order valence-corrected chi connectivity index (χ3v) is 6.06. The molecule has 0 radical (unpaired) electrons. The molecule has 25 heavy (non-hydrogen) atoms. The number of carbonyl (C=O) groups excluding carboxylic acids is 1. The zero-order valence-corrected chi connectivity index (χ0v) is 14.4. The van der Waals surface area contributed by atoms with E-state index in [1.165, 1.54) is 30.5 Å². The Kier molecular flexibility index (Phi) is 3.63. The van der Waals surface area contributed by atoms with Gasteiger partial charge < -0.3 is 4.90 Å². The summed E-state index contributed by atoms with van der Waals surface area (Å²) in [4.78, 5) is 18.0. The molecule has 3 aliphatic rings. The zero-order chi connectivity index (χ0) is 16.8. The maximum Gasteiger partial charge on any atom is 0.276 e. The molecule has 5 nitrogen and oxygen atoms in total. The molecule has 2 atom stereocenters. The Bertz CT molecular complexity index is 784. The van der Waals surface area contributed by atoms with E-state index in [9.17, 15) is 4.79 Å². The normalized spacial score (nSPS) is 25.8. The van der Waals surface area contributed by atoms with Crippen LogP contribution in [0.1, 0.15) is 59.2 Å². The lowest BCUT2D eigenvalue weighted by atomic mass is 9.95. The van der Waals surface area contributed by atoms with Gasteiger partial charge >= 0.3 is 0 Å². The number of rotatable bonds is 2. The molecule has 3 heterocycles. The number of fused-ring (bicyclic) bond motifs is 2. The summed E-state index contributed by atoms with van der Waals surface area (Å²) in [6.07, 6.45) is 6.81. The predicted molar refractivity (Wildman–Crippen MR) is 95.2 cm³/mol. The molecule has 2 unspecified atom stereocenters. The Balaban J connectivity index is 1.51. The highest BCUT2D eigenvalue weighted by atomic mass is 16.2. The third-order valence-electron chi connectivity index (χ3n) is 6.06. The minimum Gasteiger partial charge on any atom is -0.316 e. The van der Waals surface area contributed by atoms with Gasteiger partial charge in [0.2, 0.25) is 0 Å². The van der Waals surface area contributed by atoms with Crippen molar-refractivity contribution in [1.29, 1.82) is 0 Å². The molecule has 1 aromatic heterocycles. The van der Waals surface area contributed by atoms with Crippen LogP contribution < -0.4 is 0 Å². The van der Waals surface area contributed by atoms with Gasteiger partial charge in [-0.25, -0.2) is 0 Å². The number of H-pyrrole nitrogens is 1. The number of aromatic nitrogens is 2. The quantitative estimate of drug-likeness (QED) is 0.917. The molecular formula is C20H24N4O. The summed E-state index contributed by atoms with van der Waals surface area (Å²) >= 11 is 0. The minimum atomic E-state index is 0.0529. The van der Waals surface area contributed by atoms with Gasteiger partial charge in [0, 0.05) is 30.4 Å². The summed E-state index contributed by atoms with van der Waals surface area (Å²) < 4.78 is 0. The lowest BCUT2D eigenvalue weighted by Crippen LogP contribution is -2.36. The standard InChI is InChI=1S/C20H24N4O/c25-20(18-16-10-4-5-11-17(16)21-22-18)24-13-15-9-6-12-23(15)19(24)14-7-2-1-3-8-14/h1-3,7-8,15,19H,4-6,9-13H2,(H,21,22). The van der Waals surface area contributed by atoms with Crippen molar-refractivity contribution >= 4 is 5.91 Å². The van der Waals surface area contributed by atoms with Gasteiger partial charge in [-0.05, 0) is 44.1 Å². The van der Waals surface area contributed by atoms with Crippen molar-refractivity contribution < 1.29 is 4.79 Å². The van der Waals surface area contributed by atoms with Gasteiger partial charge in [-0.1, -0.05) is 30.3 Å². The number of hydrogen-bond acceptors (Lipinski definition) is 3. The molecule has 1 amide bonds. The summed E-state index contributed by atoms with van der Waals surface area (Å²) in [5.74, 6) is 0.0997. The van der Waals surface area contributed by atoms with Crippen molar-refractivity contribution in [2.75, 3.05) is 13.1 Å². The molecule has 130 valence electrons. The average Bonchev–Trinajstić information content (AvgIpc) is 3.35. The van der Waals surface area contributed by atoms with E-state index in [1.807, 2.05) is 6.07 Å². The first-order valence-corrected chi connectivity index (χ1v) is 9.50. The highest BCUT2D eigenvalue weighted by Crippen LogP contribution is 2.40. The molecule has 2 fully saturated rings. The number of hydrogen-bond donors (Lipinski definition) is 1. The maximum absolute atomic E-state index is 13.4. The van der Waals surface area contributed by atoms with Crippen LogP contribution in [0.3, 0.4) is 0 Å². The number of benzene rings is 1. The number of amides is 1. The predicted octanol–water partition coefficient (Wildman–Crippen LogP) is 2.91. The van der Waals surface area contributed by atoms with Crippen molar-refractivity contribution in [2.45, 2.75) is 50.7 Å². The van der Waals surface area contributed by atoms with Gasteiger partial charge in [-0.15, -0.1) is 0 Å². The molecule has 0 bridgehead atoms. The van der Waals surface area contributed by atoms with Crippen LogP contribution in [0.5, 0.6) is 0 Å². The summed E-state index contributed by atoms with van der Waals surface area (Å²) in [5, 5.41) is 7.55. The van der Waals surface area contributed by atoms with Gasteiger partial charge in [0.05, 0.1) is 0 Å². The van der Waals surface area contributed by atoms with Crippen LogP contribution >= 0.6 is 0 Å². The summed E-state index contributed by atoms with van der Waals surface area (Å²) in [7, 11) is 0. The first-order chi connectivity index (χ1) is 12.3. The number of aryl methyl sites for hydroxylation is 1. The van der Waals surface area contributed by atoms with E-state index in [0.717, 1.165) is 37.9 Å². The van der Waals surface area contributed by atoms with Crippen LogP contribution in [0.15, 0.2) is 30.3 Å². The number of nitrogens with zero attached hydrogens (tertiary/aromatic N) is 3. The lowest BCUT2D eigenvalue weighted by molar-refractivity contribution is 0.0631. The third kappa shape index (κ3) is 2.41. The van der Waals surface area contributed by atoms with E-state index in [4.69, 9.17) is 0 Å². The molecule has 1 N–H and O–H groups in total. The number of nitrogens with one attached hydrogen (secondary N) is 1. The maximum atomic E-state index is 13.4. The van der Waals surface area contributed by atoms with E-state index in [0.29, 0.717) is 11.7 Å². The zero-order valence-electron chi connectivity index (χ0n) is 14.4. The molecule has 1 aliphatic carbocycles. The second kappa shape index (κ2) is 5.99. The fourth-order valence-corrected chi connectivity index (χ4v) is 4.87. The summed E-state index contributed by atoms with van der Waals surface area (Å²) in [6.45, 7) is 1.90. The Morgan fingerprint density at radius 1 is 1.12 bits per heavy atom. The smallest absolute Gasteiger partial charge is 0.276 e. The second-order valence-corrected chi connectivity index (χ2v) is 7.51. The van der Waals surface area contributed by atoms with Gasteiger partial charge in [0.25, 0.3) is 5.91 Å². The highest BCUT2D eigenvalue weighted by molar-refractivity contribution is 5.94. The Morgan fingerprint density at radius 3 is 2.84 bits per heavy atom. The molecular weight excluding hydrogens is 312 g/mol. The van der Waals surface area contributed by atoms with E-state index in [1.54, 1.807) is 0 Å². The van der Waals surface area contributed by atoms with Crippen molar-refractivity contribution in [3.05, 3.63) is 52.8 Å². The van der Waals surface area contributed by atoms with Gasteiger partial charge in [0.1, 0.15) is 6.17 Å². The van der Waals surface area contributed by atoms with Crippen LogP contribution in [0.2, 0.25) is 0 Å². The molecule has 2 aliphatic heterocycles. The van der Waals surface area contributed by atoms with E-state index >= 15 is 0 Å². The topological polar surface area (TPSA) is 52.2 Å². The fraction of sp³-hybridized carbons (Fsp3) is 0.500. The molecule has 0 spiro atoms. The summed E-state index contributed by atoms with van der Waals surface area (Å²) in [6, 6.07) is 11.0. The van der Waals surface area contributed by atoms with Crippen molar-refractivity contribution in [3.63, 3.8) is 0 Å². The van der Waals surface area contributed by atoms with Crippen LogP contribution in [0.4, 0.5) is 0 Å². The second-order valence-electron chi connectivity index (χ2n) is 7.51. The monoisotopic (exact) mass is 336 g/mol. The Labute approximate surface area is 148 Å². The van der Waals surface area contributed by atoms with E-state index in [-0.39, 0.29) is 12.1 Å². The first-order valence-electron chi connectivity index (χ1n) is 9.50. The van der Waals surface area contributed by atoms with Crippen LogP contribution in [-0.2, 0) is 12.8 Å². The van der Waals surface area contributed by atoms with Crippen molar-refractivity contribution in [3.8, 4) is 0 Å². The number of aromatic amines is 1.